The van der Waals surface area contributed by atoms with Crippen LogP contribution in [0.2, 0.25) is 10.0 Å². The second kappa shape index (κ2) is 6.24. The van der Waals surface area contributed by atoms with Gasteiger partial charge in [-0.25, -0.2) is 0 Å². The summed E-state index contributed by atoms with van der Waals surface area (Å²) >= 11 is 13.8. The van der Waals surface area contributed by atoms with Crippen molar-refractivity contribution < 1.29 is 9.84 Å². The second-order valence-corrected chi connectivity index (χ2v) is 6.33. The van der Waals surface area contributed by atoms with Gasteiger partial charge in [-0.1, -0.05) is 41.4 Å². The molecule has 21 heavy (non-hydrogen) atoms. The van der Waals surface area contributed by atoms with Crippen molar-refractivity contribution in [1.29, 1.82) is 0 Å². The van der Waals surface area contributed by atoms with Crippen LogP contribution in [-0.4, -0.2) is 5.11 Å². The summed E-state index contributed by atoms with van der Waals surface area (Å²) in [6.07, 6.45) is 0. The number of benzene rings is 2. The van der Waals surface area contributed by atoms with E-state index in [1.54, 1.807) is 23.5 Å². The first-order chi connectivity index (χ1) is 10.2. The maximum absolute atomic E-state index is 9.40. The van der Waals surface area contributed by atoms with E-state index in [-0.39, 0.29) is 6.61 Å². The highest BCUT2D eigenvalue weighted by Gasteiger charge is 2.12. The van der Waals surface area contributed by atoms with Gasteiger partial charge < -0.3 is 9.84 Å². The van der Waals surface area contributed by atoms with Gasteiger partial charge in [-0.2, -0.15) is 0 Å². The van der Waals surface area contributed by atoms with E-state index in [9.17, 15) is 5.11 Å². The zero-order valence-corrected chi connectivity index (χ0v) is 13.3. The SMILES string of the molecule is OCc1cc(Cl)cc(Cl)c1OCc1csc2ccccc12. The van der Waals surface area contributed by atoms with E-state index in [2.05, 4.69) is 17.5 Å². The molecular weight excluding hydrogens is 327 g/mol. The normalized spacial score (nSPS) is 11.0. The van der Waals surface area contributed by atoms with Gasteiger partial charge in [0.25, 0.3) is 0 Å². The van der Waals surface area contributed by atoms with Crippen LogP contribution in [0.5, 0.6) is 5.75 Å². The van der Waals surface area contributed by atoms with Crippen molar-refractivity contribution in [3.05, 3.63) is 63.0 Å². The molecule has 2 nitrogen and oxygen atoms in total. The van der Waals surface area contributed by atoms with Crippen molar-refractivity contribution in [2.24, 2.45) is 0 Å². The minimum atomic E-state index is -0.167. The lowest BCUT2D eigenvalue weighted by Crippen LogP contribution is -1.99. The fourth-order valence-electron chi connectivity index (χ4n) is 2.19. The molecule has 0 unspecified atom stereocenters. The predicted octanol–water partition coefficient (Wildman–Crippen LogP) is 5.28. The third-order valence-corrected chi connectivity index (χ3v) is 4.70. The maximum Gasteiger partial charge on any atom is 0.144 e. The zero-order chi connectivity index (χ0) is 14.8. The minimum Gasteiger partial charge on any atom is -0.487 e. The molecule has 0 aliphatic carbocycles. The Morgan fingerprint density at radius 3 is 2.71 bits per heavy atom. The quantitative estimate of drug-likeness (QED) is 0.701. The molecule has 1 N–H and O–H groups in total. The van der Waals surface area contributed by atoms with Crippen LogP contribution in [0.3, 0.4) is 0 Å². The molecule has 0 aliphatic heterocycles. The van der Waals surface area contributed by atoms with Gasteiger partial charge in [-0.15, -0.1) is 11.3 Å². The molecule has 3 aromatic rings. The Labute approximate surface area is 136 Å². The topological polar surface area (TPSA) is 29.5 Å². The van der Waals surface area contributed by atoms with E-state index in [1.165, 1.54) is 10.1 Å². The lowest BCUT2D eigenvalue weighted by molar-refractivity contribution is 0.259. The number of thiophene rings is 1. The first-order valence-corrected chi connectivity index (χ1v) is 7.99. The van der Waals surface area contributed by atoms with Crippen LogP contribution in [0.4, 0.5) is 0 Å². The number of halogens is 2. The summed E-state index contributed by atoms with van der Waals surface area (Å²) in [6.45, 7) is 0.234. The molecule has 2 aromatic carbocycles. The summed E-state index contributed by atoms with van der Waals surface area (Å²) in [4.78, 5) is 0. The highest BCUT2D eigenvalue weighted by Crippen LogP contribution is 2.34. The first-order valence-electron chi connectivity index (χ1n) is 6.35. The Hall–Kier alpha value is -1.26. The number of aliphatic hydroxyl groups excluding tert-OH is 1. The number of aliphatic hydroxyl groups is 1. The van der Waals surface area contributed by atoms with Crippen molar-refractivity contribution in [3.63, 3.8) is 0 Å². The Kier molecular flexibility index (Phi) is 4.36. The molecule has 0 amide bonds. The summed E-state index contributed by atoms with van der Waals surface area (Å²) in [5.74, 6) is 0.485. The van der Waals surface area contributed by atoms with E-state index in [0.29, 0.717) is 28.0 Å². The average Bonchev–Trinajstić information content (AvgIpc) is 2.89. The summed E-state index contributed by atoms with van der Waals surface area (Å²) in [5, 5.41) is 13.5. The molecule has 0 atom stereocenters. The molecule has 0 aliphatic rings. The zero-order valence-electron chi connectivity index (χ0n) is 11.0. The van der Waals surface area contributed by atoms with Crippen LogP contribution < -0.4 is 4.74 Å². The van der Waals surface area contributed by atoms with Crippen molar-refractivity contribution in [1.82, 2.24) is 0 Å². The van der Waals surface area contributed by atoms with Crippen molar-refractivity contribution >= 4 is 44.6 Å². The lowest BCUT2D eigenvalue weighted by atomic mass is 10.2. The lowest BCUT2D eigenvalue weighted by Gasteiger charge is -2.12. The van der Waals surface area contributed by atoms with Gasteiger partial charge in [-0.3, -0.25) is 0 Å². The fourth-order valence-corrected chi connectivity index (χ4v) is 3.72. The van der Waals surface area contributed by atoms with Crippen LogP contribution in [-0.2, 0) is 13.2 Å². The standard InChI is InChI=1S/C16H12Cl2O2S/c17-12-5-10(7-19)16(14(18)6-12)20-8-11-9-21-15-4-2-1-3-13(11)15/h1-6,9,19H,7-8H2. The minimum absolute atomic E-state index is 0.167. The van der Waals surface area contributed by atoms with E-state index < -0.39 is 0 Å². The van der Waals surface area contributed by atoms with Crippen LogP contribution >= 0.6 is 34.5 Å². The molecular formula is C16H12Cl2O2S. The average molecular weight is 339 g/mol. The van der Waals surface area contributed by atoms with Gasteiger partial charge in [0.15, 0.2) is 0 Å². The van der Waals surface area contributed by atoms with Crippen molar-refractivity contribution in [3.8, 4) is 5.75 Å². The molecule has 0 bridgehead atoms. The second-order valence-electron chi connectivity index (χ2n) is 4.58. The fraction of sp³-hybridized carbons (Fsp3) is 0.125. The predicted molar refractivity (Wildman–Crippen MR) is 88.5 cm³/mol. The smallest absolute Gasteiger partial charge is 0.144 e. The molecule has 3 rings (SSSR count). The third kappa shape index (κ3) is 3.01. The highest BCUT2D eigenvalue weighted by atomic mass is 35.5. The number of hydrogen-bond acceptors (Lipinski definition) is 3. The molecule has 0 saturated carbocycles. The van der Waals surface area contributed by atoms with Crippen molar-refractivity contribution in [2.45, 2.75) is 13.2 Å². The van der Waals surface area contributed by atoms with Crippen LogP contribution in [0, 0.1) is 0 Å². The van der Waals surface area contributed by atoms with E-state index in [0.717, 1.165) is 5.56 Å². The van der Waals surface area contributed by atoms with Crippen LogP contribution in [0.25, 0.3) is 10.1 Å². The number of hydrogen-bond donors (Lipinski definition) is 1. The van der Waals surface area contributed by atoms with Crippen molar-refractivity contribution in [2.75, 3.05) is 0 Å². The molecule has 108 valence electrons. The van der Waals surface area contributed by atoms with Gasteiger partial charge in [0.2, 0.25) is 0 Å². The van der Waals surface area contributed by atoms with Gasteiger partial charge in [0.05, 0.1) is 11.6 Å². The Bertz CT molecular complexity index is 783. The summed E-state index contributed by atoms with van der Waals surface area (Å²) in [7, 11) is 0. The van der Waals surface area contributed by atoms with Gasteiger partial charge in [-0.05, 0) is 29.0 Å². The molecule has 5 heteroatoms. The Balaban J connectivity index is 1.88. The first kappa shape index (κ1) is 14.7. The van der Waals surface area contributed by atoms with E-state index >= 15 is 0 Å². The molecule has 0 spiro atoms. The number of ether oxygens (including phenoxy) is 1. The van der Waals surface area contributed by atoms with Crippen LogP contribution in [0.15, 0.2) is 41.8 Å². The summed E-state index contributed by atoms with van der Waals surface area (Å²) in [5.41, 5.74) is 1.69. The number of rotatable bonds is 4. The summed E-state index contributed by atoms with van der Waals surface area (Å²) in [6, 6.07) is 11.5. The molecule has 0 saturated heterocycles. The van der Waals surface area contributed by atoms with Crippen LogP contribution in [0.1, 0.15) is 11.1 Å². The van der Waals surface area contributed by atoms with Gasteiger partial charge in [0, 0.05) is 20.8 Å². The van der Waals surface area contributed by atoms with E-state index in [4.69, 9.17) is 27.9 Å². The van der Waals surface area contributed by atoms with E-state index in [1.807, 2.05) is 12.1 Å². The van der Waals surface area contributed by atoms with Gasteiger partial charge in [0.1, 0.15) is 12.4 Å². The Morgan fingerprint density at radius 1 is 1.10 bits per heavy atom. The Morgan fingerprint density at radius 2 is 1.90 bits per heavy atom. The van der Waals surface area contributed by atoms with Gasteiger partial charge >= 0.3 is 0 Å². The molecule has 0 radical (unpaired) electrons. The molecule has 1 heterocycles. The monoisotopic (exact) mass is 338 g/mol. The summed E-state index contributed by atoms with van der Waals surface area (Å²) < 4.78 is 7.05. The third-order valence-electron chi connectivity index (χ3n) is 3.19. The molecule has 0 fully saturated rings. The maximum atomic E-state index is 9.40. The molecule has 1 aromatic heterocycles. The number of fused-ring (bicyclic) bond motifs is 1. The highest BCUT2D eigenvalue weighted by molar-refractivity contribution is 7.17. The largest absolute Gasteiger partial charge is 0.487 e.